The number of sulfone groups is 1. The van der Waals surface area contributed by atoms with Gasteiger partial charge in [0.15, 0.2) is 27.3 Å². The van der Waals surface area contributed by atoms with Crippen LogP contribution in [0.1, 0.15) is 42.5 Å². The Morgan fingerprint density at radius 1 is 1.09 bits per heavy atom. The fourth-order valence-corrected chi connectivity index (χ4v) is 8.11. The zero-order valence-corrected chi connectivity index (χ0v) is 18.9. The third kappa shape index (κ3) is 4.46. The van der Waals surface area contributed by atoms with E-state index < -0.39 is 38.4 Å². The molecule has 0 radical (unpaired) electrons. The number of nitrogens with zero attached hydrogens (tertiary/aromatic N) is 1. The van der Waals surface area contributed by atoms with Gasteiger partial charge in [-0.3, -0.25) is 4.79 Å². The number of halogens is 4. The molecule has 0 aromatic heterocycles. The molecule has 2 aromatic rings. The van der Waals surface area contributed by atoms with E-state index in [4.69, 9.17) is 16.9 Å². The van der Waals surface area contributed by atoms with E-state index in [1.807, 2.05) is 0 Å². The molecule has 4 atom stereocenters. The molecule has 33 heavy (non-hydrogen) atoms. The quantitative estimate of drug-likeness (QED) is 0.553. The molecule has 174 valence electrons. The maximum absolute atomic E-state index is 13.6. The summed E-state index contributed by atoms with van der Waals surface area (Å²) < 4.78 is 67.2. The second-order valence-corrected chi connectivity index (χ2v) is 11.1. The van der Waals surface area contributed by atoms with Gasteiger partial charge in [-0.2, -0.15) is 5.26 Å². The number of nitrogens with one attached hydrogen (secondary N) is 1. The summed E-state index contributed by atoms with van der Waals surface area (Å²) in [6.45, 7) is 0. The van der Waals surface area contributed by atoms with Gasteiger partial charge < -0.3 is 5.32 Å². The van der Waals surface area contributed by atoms with Crippen LogP contribution in [0.5, 0.6) is 0 Å². The molecule has 10 heteroatoms. The zero-order chi connectivity index (χ0) is 23.9. The summed E-state index contributed by atoms with van der Waals surface area (Å²) in [4.78, 5) is 12.5. The lowest BCUT2D eigenvalue weighted by molar-refractivity contribution is 0.102. The number of carbonyl (C=O) groups is 1. The van der Waals surface area contributed by atoms with Gasteiger partial charge in [0.1, 0.15) is 0 Å². The van der Waals surface area contributed by atoms with Crippen LogP contribution in [0.2, 0.25) is 5.02 Å². The fraction of sp³-hybridized carbons (Fsp3) is 0.391. The topological polar surface area (TPSA) is 87.0 Å². The van der Waals surface area contributed by atoms with Crippen molar-refractivity contribution < 1.29 is 26.4 Å². The highest BCUT2D eigenvalue weighted by Gasteiger charge is 2.49. The Morgan fingerprint density at radius 2 is 1.70 bits per heavy atom. The summed E-state index contributed by atoms with van der Waals surface area (Å²) in [6.07, 6.45) is 3.24. The van der Waals surface area contributed by atoms with E-state index in [1.165, 1.54) is 12.1 Å². The predicted octanol–water partition coefficient (Wildman–Crippen LogP) is 5.50. The highest BCUT2D eigenvalue weighted by atomic mass is 35.5. The minimum Gasteiger partial charge on any atom is -0.322 e. The second-order valence-electron chi connectivity index (χ2n) is 8.66. The van der Waals surface area contributed by atoms with Crippen LogP contribution in [0.4, 0.5) is 18.9 Å². The van der Waals surface area contributed by atoms with Gasteiger partial charge in [0.05, 0.1) is 21.2 Å². The highest BCUT2D eigenvalue weighted by molar-refractivity contribution is 7.92. The molecule has 1 N–H and O–H groups in total. The molecule has 0 saturated heterocycles. The Labute approximate surface area is 194 Å². The van der Waals surface area contributed by atoms with E-state index in [1.54, 1.807) is 0 Å². The van der Waals surface area contributed by atoms with Crippen LogP contribution in [0.15, 0.2) is 35.2 Å². The predicted molar refractivity (Wildman–Crippen MR) is 116 cm³/mol. The molecule has 2 aliphatic rings. The Bertz CT molecular complexity index is 1230. The normalized spacial score (nSPS) is 24.3. The fourth-order valence-electron chi connectivity index (χ4n) is 5.24. The van der Waals surface area contributed by atoms with Gasteiger partial charge in [0.2, 0.25) is 0 Å². The summed E-state index contributed by atoms with van der Waals surface area (Å²) in [5.74, 6) is -5.39. The van der Waals surface area contributed by atoms with Crippen molar-refractivity contribution in [3.8, 4) is 6.07 Å². The van der Waals surface area contributed by atoms with Gasteiger partial charge in [-0.1, -0.05) is 11.6 Å². The number of nitriles is 1. The average Bonchev–Trinajstić information content (AvgIpc) is 3.04. The third-order valence-electron chi connectivity index (χ3n) is 6.59. The van der Waals surface area contributed by atoms with Gasteiger partial charge in [-0.15, -0.1) is 0 Å². The minimum absolute atomic E-state index is 0.0241. The van der Waals surface area contributed by atoms with Crippen molar-refractivity contribution in [2.45, 2.75) is 42.2 Å². The first-order chi connectivity index (χ1) is 15.6. The molecule has 2 bridgehead atoms. The van der Waals surface area contributed by atoms with Crippen molar-refractivity contribution >= 4 is 33.0 Å². The van der Waals surface area contributed by atoms with Crippen LogP contribution in [-0.2, 0) is 9.84 Å². The molecule has 1 amide bonds. The van der Waals surface area contributed by atoms with Crippen molar-refractivity contribution in [2.75, 3.05) is 5.32 Å². The molecular formula is C23H20ClF3N2O3S. The minimum atomic E-state index is -3.88. The summed E-state index contributed by atoms with van der Waals surface area (Å²) in [5.41, 5.74) is -0.391. The van der Waals surface area contributed by atoms with Crippen LogP contribution >= 0.6 is 11.6 Å². The standard InChI is InChI=1S/C23H20ClF3N2O3S/c24-17-4-3-15(23(30)29-16-10-18(25)21(27)19(26)11-16)9-20(17)33(31,32)22-13-1-2-14(22)8-12(7-13)5-6-28/h3-4,9-14,22H,1-2,5,7-8H2,(H,29,30)/t12-,13-,14?,22+/m0/s1. The number of anilines is 1. The summed E-state index contributed by atoms with van der Waals surface area (Å²) >= 11 is 6.22. The Hall–Kier alpha value is -2.57. The number of amides is 1. The first kappa shape index (κ1) is 23.6. The second kappa shape index (κ2) is 8.99. The molecule has 2 aliphatic carbocycles. The van der Waals surface area contributed by atoms with Gasteiger partial charge in [-0.05, 0) is 61.6 Å². The van der Waals surface area contributed by atoms with Crippen LogP contribution in [0.25, 0.3) is 0 Å². The molecular weight excluding hydrogens is 477 g/mol. The van der Waals surface area contributed by atoms with E-state index in [9.17, 15) is 26.4 Å². The van der Waals surface area contributed by atoms with Crippen molar-refractivity contribution in [3.63, 3.8) is 0 Å². The molecule has 4 rings (SSSR count). The molecule has 0 heterocycles. The average molecular weight is 497 g/mol. The molecule has 1 unspecified atom stereocenters. The number of carbonyl (C=O) groups excluding carboxylic acids is 1. The van der Waals surface area contributed by atoms with Gasteiger partial charge in [0.25, 0.3) is 5.91 Å². The Kier molecular flexibility index (Phi) is 6.43. The zero-order valence-electron chi connectivity index (χ0n) is 17.3. The Balaban J connectivity index is 1.61. The number of benzene rings is 2. The molecule has 2 saturated carbocycles. The van der Waals surface area contributed by atoms with Gasteiger partial charge in [-0.25, -0.2) is 21.6 Å². The maximum Gasteiger partial charge on any atom is 0.255 e. The van der Waals surface area contributed by atoms with E-state index in [-0.39, 0.29) is 38.9 Å². The number of hydrogen-bond acceptors (Lipinski definition) is 4. The van der Waals surface area contributed by atoms with E-state index in [0.717, 1.165) is 18.9 Å². The lowest BCUT2D eigenvalue weighted by Crippen LogP contribution is -2.37. The monoisotopic (exact) mass is 496 g/mol. The number of fused-ring (bicyclic) bond motifs is 2. The van der Waals surface area contributed by atoms with Crippen LogP contribution in [-0.4, -0.2) is 19.6 Å². The van der Waals surface area contributed by atoms with Crippen molar-refractivity contribution in [3.05, 3.63) is 58.4 Å². The van der Waals surface area contributed by atoms with Crippen LogP contribution in [0, 0.1) is 46.5 Å². The Morgan fingerprint density at radius 3 is 2.27 bits per heavy atom. The molecule has 5 nitrogen and oxygen atoms in total. The van der Waals surface area contributed by atoms with Gasteiger partial charge >= 0.3 is 0 Å². The summed E-state index contributed by atoms with van der Waals surface area (Å²) in [6, 6.07) is 7.16. The smallest absolute Gasteiger partial charge is 0.255 e. The van der Waals surface area contributed by atoms with Crippen LogP contribution in [0.3, 0.4) is 0 Å². The number of hydrogen-bond donors (Lipinski definition) is 1. The lowest BCUT2D eigenvalue weighted by atomic mass is 9.79. The molecule has 2 fully saturated rings. The summed E-state index contributed by atoms with van der Waals surface area (Å²) in [7, 11) is -3.88. The summed E-state index contributed by atoms with van der Waals surface area (Å²) in [5, 5.41) is 10.6. The molecule has 0 aliphatic heterocycles. The van der Waals surface area contributed by atoms with E-state index in [2.05, 4.69) is 11.4 Å². The van der Waals surface area contributed by atoms with E-state index >= 15 is 0 Å². The van der Waals surface area contributed by atoms with Gasteiger partial charge in [0, 0.05) is 29.8 Å². The van der Waals surface area contributed by atoms with Crippen molar-refractivity contribution in [1.82, 2.24) is 0 Å². The SMILES string of the molecule is N#CC[C@@H]1CC2CC[C@@H](C1)[C@H]2S(=O)(=O)c1cc(C(=O)Nc2cc(F)c(F)c(F)c2)ccc1Cl. The first-order valence-electron chi connectivity index (χ1n) is 10.5. The molecule has 0 spiro atoms. The lowest BCUT2D eigenvalue weighted by Gasteiger charge is -2.34. The largest absolute Gasteiger partial charge is 0.322 e. The van der Waals surface area contributed by atoms with Crippen molar-refractivity contribution in [1.29, 1.82) is 5.26 Å². The maximum atomic E-state index is 13.6. The highest BCUT2D eigenvalue weighted by Crippen LogP contribution is 2.50. The van der Waals surface area contributed by atoms with Crippen molar-refractivity contribution in [2.24, 2.45) is 17.8 Å². The van der Waals surface area contributed by atoms with E-state index in [0.29, 0.717) is 31.4 Å². The number of rotatable bonds is 5. The molecule has 2 aromatic carbocycles. The van der Waals surface area contributed by atoms with Crippen LogP contribution < -0.4 is 5.32 Å². The third-order valence-corrected chi connectivity index (χ3v) is 9.47. The first-order valence-corrected chi connectivity index (χ1v) is 12.4.